The van der Waals surface area contributed by atoms with E-state index in [1.54, 1.807) is 13.0 Å². The van der Waals surface area contributed by atoms with E-state index in [1.807, 2.05) is 32.0 Å². The summed E-state index contributed by atoms with van der Waals surface area (Å²) in [5, 5.41) is 16.8. The van der Waals surface area contributed by atoms with Crippen molar-refractivity contribution in [1.82, 2.24) is 19.7 Å². The maximum Gasteiger partial charge on any atom is 0.512 e. The molecular formula is C18H17Cl2N5O3. The number of anilines is 1. The van der Waals surface area contributed by atoms with Crippen LogP contribution in [0.15, 0.2) is 30.3 Å². The van der Waals surface area contributed by atoms with Crippen LogP contribution in [0, 0.1) is 6.92 Å². The van der Waals surface area contributed by atoms with Gasteiger partial charge in [0.05, 0.1) is 5.56 Å². The van der Waals surface area contributed by atoms with Crippen LogP contribution in [0.3, 0.4) is 0 Å². The lowest BCUT2D eigenvalue weighted by Gasteiger charge is -2.17. The molecule has 0 spiro atoms. The van der Waals surface area contributed by atoms with E-state index < -0.39 is 6.16 Å². The maximum absolute atomic E-state index is 10.7. The molecule has 0 bridgehead atoms. The van der Waals surface area contributed by atoms with Crippen molar-refractivity contribution in [2.24, 2.45) is 0 Å². The van der Waals surface area contributed by atoms with Gasteiger partial charge in [0, 0.05) is 28.4 Å². The van der Waals surface area contributed by atoms with Gasteiger partial charge in [-0.05, 0) is 26.8 Å². The number of halogens is 2. The fourth-order valence-corrected chi connectivity index (χ4v) is 3.08. The van der Waals surface area contributed by atoms with Crippen LogP contribution in [0.2, 0.25) is 10.2 Å². The molecule has 0 aliphatic heterocycles. The molecule has 0 saturated carbocycles. The lowest BCUT2D eigenvalue weighted by atomic mass is 10.1. The van der Waals surface area contributed by atoms with E-state index in [-0.39, 0.29) is 23.0 Å². The minimum Gasteiger partial charge on any atom is -0.449 e. The molecule has 8 nitrogen and oxygen atoms in total. The molecule has 2 N–H and O–H groups in total. The second-order valence-electron chi connectivity index (χ2n) is 6.22. The van der Waals surface area contributed by atoms with Crippen LogP contribution < -0.4 is 10.1 Å². The topological polar surface area (TPSA) is 102 Å². The number of hydrogen-bond donors (Lipinski definition) is 2. The highest BCUT2D eigenvalue weighted by Crippen LogP contribution is 2.37. The number of nitrogens with zero attached hydrogens (tertiary/aromatic N) is 4. The van der Waals surface area contributed by atoms with Crippen molar-refractivity contribution in [1.29, 1.82) is 0 Å². The summed E-state index contributed by atoms with van der Waals surface area (Å²) in [4.78, 5) is 19.6. The van der Waals surface area contributed by atoms with Gasteiger partial charge < -0.3 is 15.2 Å². The second kappa shape index (κ2) is 8.04. The predicted molar refractivity (Wildman–Crippen MR) is 107 cm³/mol. The van der Waals surface area contributed by atoms with Gasteiger partial charge in [-0.2, -0.15) is 14.6 Å². The summed E-state index contributed by atoms with van der Waals surface area (Å²) in [6, 6.07) is 8.77. The van der Waals surface area contributed by atoms with Gasteiger partial charge >= 0.3 is 6.16 Å². The van der Waals surface area contributed by atoms with Crippen LogP contribution in [0.1, 0.15) is 19.5 Å². The number of nitrogens with one attached hydrogen (secondary N) is 1. The van der Waals surface area contributed by atoms with Crippen LogP contribution in [0.25, 0.3) is 17.1 Å². The Hall–Kier alpha value is -2.84. The van der Waals surface area contributed by atoms with Crippen molar-refractivity contribution in [2.45, 2.75) is 26.8 Å². The summed E-state index contributed by atoms with van der Waals surface area (Å²) < 4.78 is 5.95. The van der Waals surface area contributed by atoms with E-state index >= 15 is 0 Å². The van der Waals surface area contributed by atoms with Crippen molar-refractivity contribution in [3.05, 3.63) is 46.2 Å². The largest absolute Gasteiger partial charge is 0.512 e. The highest BCUT2D eigenvalue weighted by Gasteiger charge is 2.20. The number of aryl methyl sites for hydroxylation is 1. The maximum atomic E-state index is 10.7. The van der Waals surface area contributed by atoms with Crippen LogP contribution in [0.5, 0.6) is 5.88 Å². The summed E-state index contributed by atoms with van der Waals surface area (Å²) in [5.74, 6) is 0.564. The first-order chi connectivity index (χ1) is 13.3. The number of carbonyl (C=O) groups is 1. The molecular weight excluding hydrogens is 405 g/mol. The van der Waals surface area contributed by atoms with Crippen LogP contribution in [0.4, 0.5) is 10.6 Å². The third kappa shape index (κ3) is 4.18. The van der Waals surface area contributed by atoms with Crippen molar-refractivity contribution in [2.75, 3.05) is 5.32 Å². The summed E-state index contributed by atoms with van der Waals surface area (Å²) in [7, 11) is 0. The SMILES string of the molecule is Cc1cc(OC(=O)O)nn1-c1nc(Cl)c(-c2ccccc2Cl)c(NC(C)C)n1. The van der Waals surface area contributed by atoms with E-state index in [4.69, 9.17) is 28.3 Å². The van der Waals surface area contributed by atoms with Crippen molar-refractivity contribution in [3.8, 4) is 23.0 Å². The standard InChI is InChI=1S/C18H17Cl2N5O3/c1-9(2)21-16-14(11-6-4-5-7-12(11)19)15(20)22-17(23-16)25-10(3)8-13(24-25)28-18(26)27/h4-9H,1-3H3,(H,26,27)(H,21,22,23). The van der Waals surface area contributed by atoms with E-state index in [0.717, 1.165) is 0 Å². The number of hydrogen-bond acceptors (Lipinski definition) is 6. The monoisotopic (exact) mass is 421 g/mol. The van der Waals surface area contributed by atoms with Gasteiger partial charge in [-0.3, -0.25) is 0 Å². The second-order valence-corrected chi connectivity index (χ2v) is 6.99. The Morgan fingerprint density at radius 1 is 1.25 bits per heavy atom. The zero-order valence-corrected chi connectivity index (χ0v) is 16.8. The number of carboxylic acid groups (broad SMARTS) is 1. The Morgan fingerprint density at radius 3 is 2.61 bits per heavy atom. The quantitative estimate of drug-likeness (QED) is 0.449. The number of aromatic nitrogens is 4. The van der Waals surface area contributed by atoms with Crippen LogP contribution in [-0.4, -0.2) is 37.1 Å². The molecule has 0 saturated heterocycles. The zero-order chi connectivity index (χ0) is 20.4. The molecule has 146 valence electrons. The Bertz CT molecular complexity index is 1040. The van der Waals surface area contributed by atoms with Crippen molar-refractivity contribution >= 4 is 35.2 Å². The molecule has 3 aromatic rings. The first kappa shape index (κ1) is 19.9. The number of ether oxygens (including phenoxy) is 1. The fourth-order valence-electron chi connectivity index (χ4n) is 2.59. The Labute approximate surface area is 171 Å². The summed E-state index contributed by atoms with van der Waals surface area (Å²) in [5.41, 5.74) is 1.83. The molecule has 0 fully saturated rings. The third-order valence-electron chi connectivity index (χ3n) is 3.67. The smallest absolute Gasteiger partial charge is 0.449 e. The highest BCUT2D eigenvalue weighted by molar-refractivity contribution is 6.36. The van der Waals surface area contributed by atoms with Crippen molar-refractivity contribution in [3.63, 3.8) is 0 Å². The molecule has 0 aliphatic carbocycles. The van der Waals surface area contributed by atoms with E-state index in [9.17, 15) is 4.79 Å². The lowest BCUT2D eigenvalue weighted by Crippen LogP contribution is -2.15. The van der Waals surface area contributed by atoms with Gasteiger partial charge in [0.1, 0.15) is 11.0 Å². The van der Waals surface area contributed by atoms with Gasteiger partial charge in [-0.25, -0.2) is 4.79 Å². The molecule has 0 atom stereocenters. The molecule has 2 heterocycles. The van der Waals surface area contributed by atoms with Gasteiger partial charge in [-0.15, -0.1) is 5.10 Å². The van der Waals surface area contributed by atoms with E-state index in [1.165, 1.54) is 10.7 Å². The minimum absolute atomic E-state index is 0.0599. The number of rotatable bonds is 5. The Balaban J connectivity index is 2.16. The van der Waals surface area contributed by atoms with Gasteiger partial charge in [0.25, 0.3) is 5.95 Å². The van der Waals surface area contributed by atoms with Gasteiger partial charge in [0.2, 0.25) is 5.88 Å². The first-order valence-corrected chi connectivity index (χ1v) is 9.08. The molecule has 0 radical (unpaired) electrons. The third-order valence-corrected chi connectivity index (χ3v) is 4.27. The molecule has 0 unspecified atom stereocenters. The van der Waals surface area contributed by atoms with E-state index in [0.29, 0.717) is 27.7 Å². The lowest BCUT2D eigenvalue weighted by molar-refractivity contribution is 0.142. The molecule has 0 amide bonds. The summed E-state index contributed by atoms with van der Waals surface area (Å²) in [6.45, 7) is 5.64. The van der Waals surface area contributed by atoms with E-state index in [2.05, 4.69) is 25.1 Å². The minimum atomic E-state index is -1.46. The molecule has 1 aromatic carbocycles. The molecule has 10 heteroatoms. The summed E-state index contributed by atoms with van der Waals surface area (Å²) >= 11 is 12.8. The Morgan fingerprint density at radius 2 is 1.96 bits per heavy atom. The average molecular weight is 422 g/mol. The normalized spacial score (nSPS) is 10.9. The Kier molecular flexibility index (Phi) is 5.71. The van der Waals surface area contributed by atoms with Crippen LogP contribution in [-0.2, 0) is 0 Å². The molecule has 28 heavy (non-hydrogen) atoms. The van der Waals surface area contributed by atoms with Gasteiger partial charge in [-0.1, -0.05) is 41.4 Å². The zero-order valence-electron chi connectivity index (χ0n) is 15.3. The average Bonchev–Trinajstić information content (AvgIpc) is 2.94. The first-order valence-electron chi connectivity index (χ1n) is 8.33. The predicted octanol–water partition coefficient (Wildman–Crippen LogP) is 4.82. The molecule has 0 aliphatic rings. The fraction of sp³-hybridized carbons (Fsp3) is 0.222. The molecule has 2 aromatic heterocycles. The van der Waals surface area contributed by atoms with Crippen LogP contribution >= 0.6 is 23.2 Å². The highest BCUT2D eigenvalue weighted by atomic mass is 35.5. The number of benzene rings is 1. The molecule has 3 rings (SSSR count). The van der Waals surface area contributed by atoms with Gasteiger partial charge in [0.15, 0.2) is 0 Å². The van der Waals surface area contributed by atoms with Crippen molar-refractivity contribution < 1.29 is 14.6 Å². The summed E-state index contributed by atoms with van der Waals surface area (Å²) in [6.07, 6.45) is -1.46.